The van der Waals surface area contributed by atoms with Gasteiger partial charge in [0.05, 0.1) is 28.5 Å². The summed E-state index contributed by atoms with van der Waals surface area (Å²) in [7, 11) is 0. The first-order valence-electron chi connectivity index (χ1n) is 12.4. The molecule has 1 fully saturated rings. The van der Waals surface area contributed by atoms with Gasteiger partial charge in [-0.3, -0.25) is 9.79 Å². The van der Waals surface area contributed by atoms with Crippen molar-refractivity contribution in [1.82, 2.24) is 14.8 Å². The summed E-state index contributed by atoms with van der Waals surface area (Å²) >= 11 is 6.62. The molecule has 2 aromatic carbocycles. The molecule has 2 amide bonds. The summed E-state index contributed by atoms with van der Waals surface area (Å²) in [5.41, 5.74) is 5.09. The van der Waals surface area contributed by atoms with E-state index in [-0.39, 0.29) is 12.0 Å². The standard InChI is InChI=1S/C28H29ClN4O3/c1-3-12-36-28(35)33-10-8-32(9-11-33)27(34)21-6-7-22-23(29)16-25(31-26(22)15-21)20-5-4-19-13-18(2)17-30-24(19)14-20/h4-7,14-18H,3,8-13H2,1-2H3. The van der Waals surface area contributed by atoms with Gasteiger partial charge in [-0.2, -0.15) is 0 Å². The monoisotopic (exact) mass is 504 g/mol. The van der Waals surface area contributed by atoms with Crippen LogP contribution in [0.2, 0.25) is 5.02 Å². The van der Waals surface area contributed by atoms with Crippen LogP contribution in [0.4, 0.5) is 10.5 Å². The lowest BCUT2D eigenvalue weighted by Gasteiger charge is -2.34. The Kier molecular flexibility index (Phi) is 6.92. The predicted octanol–water partition coefficient (Wildman–Crippen LogP) is 5.75. The summed E-state index contributed by atoms with van der Waals surface area (Å²) in [6.07, 6.45) is 3.43. The third kappa shape index (κ3) is 4.93. The molecule has 1 unspecified atom stereocenters. The van der Waals surface area contributed by atoms with Crippen LogP contribution in [0.1, 0.15) is 36.2 Å². The van der Waals surface area contributed by atoms with E-state index in [0.29, 0.717) is 54.8 Å². The second kappa shape index (κ2) is 10.3. The van der Waals surface area contributed by atoms with E-state index in [2.05, 4.69) is 24.0 Å². The Labute approximate surface area is 215 Å². The van der Waals surface area contributed by atoms with E-state index in [9.17, 15) is 9.59 Å². The van der Waals surface area contributed by atoms with E-state index in [1.165, 1.54) is 5.56 Å². The van der Waals surface area contributed by atoms with Gasteiger partial charge in [0.15, 0.2) is 0 Å². The summed E-state index contributed by atoms with van der Waals surface area (Å²) in [6, 6.07) is 13.5. The van der Waals surface area contributed by atoms with Gasteiger partial charge in [0.1, 0.15) is 0 Å². The highest BCUT2D eigenvalue weighted by atomic mass is 35.5. The summed E-state index contributed by atoms with van der Waals surface area (Å²) in [5.74, 6) is 0.351. The van der Waals surface area contributed by atoms with Crippen LogP contribution in [-0.2, 0) is 11.2 Å². The number of piperazine rings is 1. The van der Waals surface area contributed by atoms with Crippen LogP contribution in [0, 0.1) is 5.92 Å². The third-order valence-electron chi connectivity index (χ3n) is 6.65. The molecule has 0 N–H and O–H groups in total. The van der Waals surface area contributed by atoms with Gasteiger partial charge >= 0.3 is 6.09 Å². The van der Waals surface area contributed by atoms with Gasteiger partial charge in [0.25, 0.3) is 5.91 Å². The van der Waals surface area contributed by atoms with E-state index < -0.39 is 0 Å². The van der Waals surface area contributed by atoms with Crippen molar-refractivity contribution in [3.05, 3.63) is 58.6 Å². The second-order valence-electron chi connectivity index (χ2n) is 9.42. The molecule has 1 saturated heterocycles. The maximum Gasteiger partial charge on any atom is 0.409 e. The van der Waals surface area contributed by atoms with Crippen LogP contribution in [0.3, 0.4) is 0 Å². The zero-order chi connectivity index (χ0) is 25.2. The topological polar surface area (TPSA) is 75.1 Å². The van der Waals surface area contributed by atoms with E-state index in [1.807, 2.05) is 31.3 Å². The summed E-state index contributed by atoms with van der Waals surface area (Å²) in [4.78, 5) is 38.2. The molecule has 2 aliphatic rings. The Balaban J connectivity index is 1.36. The number of amides is 2. The van der Waals surface area contributed by atoms with E-state index in [4.69, 9.17) is 21.3 Å². The van der Waals surface area contributed by atoms with Crippen molar-refractivity contribution in [2.45, 2.75) is 26.7 Å². The molecular weight excluding hydrogens is 476 g/mol. The lowest BCUT2D eigenvalue weighted by atomic mass is 9.96. The number of hydrogen-bond donors (Lipinski definition) is 0. The van der Waals surface area contributed by atoms with Crippen molar-refractivity contribution in [1.29, 1.82) is 0 Å². The molecule has 0 saturated carbocycles. The van der Waals surface area contributed by atoms with Gasteiger partial charge in [-0.1, -0.05) is 43.6 Å². The average molecular weight is 505 g/mol. The predicted molar refractivity (Wildman–Crippen MR) is 142 cm³/mol. The van der Waals surface area contributed by atoms with Gasteiger partial charge in [-0.05, 0) is 48.6 Å². The number of aliphatic imine (C=N–C) groups is 1. The molecule has 0 spiro atoms. The quantitative estimate of drug-likeness (QED) is 0.453. The van der Waals surface area contributed by atoms with Crippen molar-refractivity contribution >= 4 is 46.4 Å². The Morgan fingerprint density at radius 2 is 1.83 bits per heavy atom. The van der Waals surface area contributed by atoms with Crippen molar-refractivity contribution < 1.29 is 14.3 Å². The van der Waals surface area contributed by atoms with Crippen LogP contribution < -0.4 is 0 Å². The third-order valence-corrected chi connectivity index (χ3v) is 6.96. The average Bonchev–Trinajstić information content (AvgIpc) is 2.90. The van der Waals surface area contributed by atoms with Crippen LogP contribution >= 0.6 is 11.6 Å². The summed E-state index contributed by atoms with van der Waals surface area (Å²) < 4.78 is 5.21. The number of ether oxygens (including phenoxy) is 1. The first-order valence-corrected chi connectivity index (χ1v) is 12.8. The number of hydrogen-bond acceptors (Lipinski definition) is 5. The smallest absolute Gasteiger partial charge is 0.409 e. The molecular formula is C28H29ClN4O3. The molecule has 1 aromatic heterocycles. The molecule has 0 bridgehead atoms. The van der Waals surface area contributed by atoms with Gasteiger partial charge < -0.3 is 14.5 Å². The number of carbonyl (C=O) groups is 2. The van der Waals surface area contributed by atoms with Gasteiger partial charge in [0.2, 0.25) is 0 Å². The number of carbonyl (C=O) groups excluding carboxylic acids is 2. The van der Waals surface area contributed by atoms with Gasteiger partial charge in [-0.15, -0.1) is 0 Å². The molecule has 8 heteroatoms. The number of nitrogens with zero attached hydrogens (tertiary/aromatic N) is 4. The zero-order valence-corrected chi connectivity index (χ0v) is 21.3. The van der Waals surface area contributed by atoms with Crippen molar-refractivity contribution in [2.75, 3.05) is 32.8 Å². The molecule has 0 aliphatic carbocycles. The van der Waals surface area contributed by atoms with Gasteiger partial charge in [-0.25, -0.2) is 9.78 Å². The minimum absolute atomic E-state index is 0.0842. The fourth-order valence-corrected chi connectivity index (χ4v) is 4.91. The Hall–Kier alpha value is -3.45. The first kappa shape index (κ1) is 24.3. The highest BCUT2D eigenvalue weighted by Crippen LogP contribution is 2.34. The van der Waals surface area contributed by atoms with Crippen LogP contribution in [0.25, 0.3) is 22.2 Å². The molecule has 5 rings (SSSR count). The fraction of sp³-hybridized carbons (Fsp3) is 0.357. The first-order chi connectivity index (χ1) is 17.4. The number of halogens is 1. The minimum Gasteiger partial charge on any atom is -0.449 e. The Morgan fingerprint density at radius 3 is 2.61 bits per heavy atom. The Morgan fingerprint density at radius 1 is 1.06 bits per heavy atom. The number of pyridine rings is 1. The molecule has 7 nitrogen and oxygen atoms in total. The SMILES string of the molecule is CCCOC(=O)N1CCN(C(=O)c2ccc3c(Cl)cc(-c4ccc5c(c4)N=CC(C)C5)nc3c2)CC1. The van der Waals surface area contributed by atoms with Crippen molar-refractivity contribution in [3.63, 3.8) is 0 Å². The lowest BCUT2D eigenvalue weighted by molar-refractivity contribution is 0.0560. The molecule has 2 aliphatic heterocycles. The van der Waals surface area contributed by atoms with Crippen molar-refractivity contribution in [3.8, 4) is 11.3 Å². The largest absolute Gasteiger partial charge is 0.449 e. The van der Waals surface area contributed by atoms with Crippen molar-refractivity contribution in [2.24, 2.45) is 10.9 Å². The summed E-state index contributed by atoms with van der Waals surface area (Å²) in [6.45, 7) is 6.35. The van der Waals surface area contributed by atoms with E-state index >= 15 is 0 Å². The normalized spacial score (nSPS) is 17.2. The molecule has 3 heterocycles. The maximum absolute atomic E-state index is 13.2. The molecule has 186 valence electrons. The van der Waals surface area contributed by atoms with Gasteiger partial charge in [0, 0.05) is 48.9 Å². The lowest BCUT2D eigenvalue weighted by Crippen LogP contribution is -2.50. The molecule has 0 radical (unpaired) electrons. The molecule has 3 aromatic rings. The highest BCUT2D eigenvalue weighted by molar-refractivity contribution is 6.35. The maximum atomic E-state index is 13.2. The second-order valence-corrected chi connectivity index (χ2v) is 9.83. The van der Waals surface area contributed by atoms with E-state index in [0.717, 1.165) is 35.2 Å². The number of rotatable bonds is 4. The fourth-order valence-electron chi connectivity index (χ4n) is 4.65. The molecule has 1 atom stereocenters. The summed E-state index contributed by atoms with van der Waals surface area (Å²) in [5, 5.41) is 1.38. The minimum atomic E-state index is -0.316. The van der Waals surface area contributed by atoms with Crippen LogP contribution in [0.5, 0.6) is 0 Å². The van der Waals surface area contributed by atoms with Crippen LogP contribution in [0.15, 0.2) is 47.5 Å². The number of fused-ring (bicyclic) bond motifs is 2. The number of aromatic nitrogens is 1. The highest BCUT2D eigenvalue weighted by Gasteiger charge is 2.26. The van der Waals surface area contributed by atoms with Crippen LogP contribution in [-0.4, -0.2) is 65.8 Å². The molecule has 36 heavy (non-hydrogen) atoms. The Bertz CT molecular complexity index is 1350. The number of benzene rings is 2. The van der Waals surface area contributed by atoms with E-state index in [1.54, 1.807) is 21.9 Å². The zero-order valence-electron chi connectivity index (χ0n) is 20.5.